The van der Waals surface area contributed by atoms with Crippen molar-refractivity contribution in [2.24, 2.45) is 0 Å². The molecule has 0 atom stereocenters. The molecule has 7 aromatic rings. The van der Waals surface area contributed by atoms with Crippen LogP contribution in [0.25, 0.3) is 67.3 Å². The number of hydrogen-bond donors (Lipinski definition) is 0. The number of benzene rings is 1. The van der Waals surface area contributed by atoms with Crippen LogP contribution in [0.4, 0.5) is 0 Å². The summed E-state index contributed by atoms with van der Waals surface area (Å²) in [6.07, 6.45) is 14.1. The number of pyridine rings is 6. The van der Waals surface area contributed by atoms with E-state index in [4.69, 9.17) is 19.4 Å². The van der Waals surface area contributed by atoms with E-state index in [9.17, 15) is 0 Å². The van der Waals surface area contributed by atoms with E-state index in [0.29, 0.717) is 11.5 Å². The summed E-state index contributed by atoms with van der Waals surface area (Å²) in [6.45, 7) is 0. The predicted molar refractivity (Wildman–Crippen MR) is 179 cm³/mol. The fourth-order valence-corrected chi connectivity index (χ4v) is 5.40. The molecule has 0 aliphatic rings. The van der Waals surface area contributed by atoms with E-state index in [0.717, 1.165) is 67.3 Å². The molecule has 8 heteroatoms. The lowest BCUT2D eigenvalue weighted by molar-refractivity contribution is 0.406. The largest absolute Gasteiger partial charge is 0.496 e. The fourth-order valence-electron chi connectivity index (χ4n) is 5.40. The van der Waals surface area contributed by atoms with Crippen LogP contribution in [0.3, 0.4) is 0 Å². The van der Waals surface area contributed by atoms with Gasteiger partial charge in [-0.05, 0) is 96.1 Å². The highest BCUT2D eigenvalue weighted by atomic mass is 16.5. The summed E-state index contributed by atoms with van der Waals surface area (Å²) in [7, 11) is 3.36. The van der Waals surface area contributed by atoms with Gasteiger partial charge in [0.05, 0.1) is 37.0 Å². The van der Waals surface area contributed by atoms with E-state index in [1.807, 2.05) is 60.7 Å². The zero-order valence-electron chi connectivity index (χ0n) is 25.2. The van der Waals surface area contributed by atoms with E-state index in [2.05, 4.69) is 44.2 Å². The van der Waals surface area contributed by atoms with Crippen LogP contribution in [0.2, 0.25) is 0 Å². The average molecular weight is 601 g/mol. The van der Waals surface area contributed by atoms with Crippen LogP contribution in [0.5, 0.6) is 11.5 Å². The van der Waals surface area contributed by atoms with Crippen molar-refractivity contribution in [3.8, 4) is 78.8 Å². The quantitative estimate of drug-likeness (QED) is 0.173. The van der Waals surface area contributed by atoms with Gasteiger partial charge in [-0.3, -0.25) is 19.9 Å². The molecule has 0 spiro atoms. The fraction of sp³-hybridized carbons (Fsp3) is 0.0526. The normalized spacial score (nSPS) is 10.8. The molecule has 7 rings (SSSR count). The zero-order valence-corrected chi connectivity index (χ0v) is 25.2. The standard InChI is InChI=1S/C38H28N6O2/c1-45-37-23-32(30-21-35(27-7-15-41-16-8-27)44-36(22-30)28-9-17-42-18-10-28)38(46-2)24-31(37)29-19-33(25-3-11-39-12-4-25)43-34(20-29)26-5-13-40-14-6-26/h3-24H,1-2H3. The smallest absolute Gasteiger partial charge is 0.127 e. The van der Waals surface area contributed by atoms with Gasteiger partial charge in [-0.15, -0.1) is 0 Å². The lowest BCUT2D eigenvalue weighted by Gasteiger charge is -2.18. The van der Waals surface area contributed by atoms with Crippen molar-refractivity contribution in [1.29, 1.82) is 0 Å². The Kier molecular flexibility index (Phi) is 7.90. The van der Waals surface area contributed by atoms with Gasteiger partial charge in [-0.2, -0.15) is 0 Å². The maximum atomic E-state index is 6.05. The topological polar surface area (TPSA) is 95.8 Å². The van der Waals surface area contributed by atoms with E-state index in [1.165, 1.54) is 0 Å². The van der Waals surface area contributed by atoms with Crippen LogP contribution in [0.1, 0.15) is 0 Å². The van der Waals surface area contributed by atoms with Crippen molar-refractivity contribution in [1.82, 2.24) is 29.9 Å². The highest BCUT2D eigenvalue weighted by molar-refractivity contribution is 5.86. The Bertz CT molecular complexity index is 1840. The molecule has 0 radical (unpaired) electrons. The Labute approximate surface area is 266 Å². The lowest BCUT2D eigenvalue weighted by atomic mass is 9.95. The van der Waals surface area contributed by atoms with E-state index in [-0.39, 0.29) is 0 Å². The van der Waals surface area contributed by atoms with Gasteiger partial charge < -0.3 is 9.47 Å². The Morgan fingerprint density at radius 2 is 0.609 bits per heavy atom. The molecule has 222 valence electrons. The van der Waals surface area contributed by atoms with Gasteiger partial charge in [-0.1, -0.05) is 0 Å². The SMILES string of the molecule is COc1cc(-c2cc(-c3ccncc3)nc(-c3ccncc3)c2)c(OC)cc1-c1cc(-c2ccncc2)nc(-c2ccncc2)c1. The maximum absolute atomic E-state index is 6.05. The summed E-state index contributed by atoms with van der Waals surface area (Å²) in [5.41, 5.74) is 10.7. The lowest BCUT2D eigenvalue weighted by Crippen LogP contribution is -1.97. The first-order chi connectivity index (χ1) is 22.7. The summed E-state index contributed by atoms with van der Waals surface area (Å²) in [5.74, 6) is 1.38. The van der Waals surface area contributed by atoms with Gasteiger partial charge in [0.25, 0.3) is 0 Å². The molecule has 6 heterocycles. The van der Waals surface area contributed by atoms with Crippen molar-refractivity contribution in [2.75, 3.05) is 14.2 Å². The van der Waals surface area contributed by atoms with Crippen LogP contribution in [0.15, 0.2) is 135 Å². The number of aromatic nitrogens is 6. The summed E-state index contributed by atoms with van der Waals surface area (Å²) >= 11 is 0. The van der Waals surface area contributed by atoms with Gasteiger partial charge in [0.15, 0.2) is 0 Å². The highest BCUT2D eigenvalue weighted by Crippen LogP contribution is 2.43. The molecule has 1 aromatic carbocycles. The molecule has 0 saturated carbocycles. The number of rotatable bonds is 8. The molecule has 0 saturated heterocycles. The van der Waals surface area contributed by atoms with E-state index in [1.54, 1.807) is 63.8 Å². The average Bonchev–Trinajstić information content (AvgIpc) is 3.15. The molecule has 8 nitrogen and oxygen atoms in total. The summed E-state index contributed by atoms with van der Waals surface area (Å²) in [6, 6.07) is 27.9. The second-order valence-corrected chi connectivity index (χ2v) is 10.4. The first kappa shape index (κ1) is 28.5. The Morgan fingerprint density at radius 3 is 0.848 bits per heavy atom. The van der Waals surface area contributed by atoms with Crippen molar-refractivity contribution in [2.45, 2.75) is 0 Å². The minimum Gasteiger partial charge on any atom is -0.496 e. The van der Waals surface area contributed by atoms with Crippen molar-refractivity contribution in [3.05, 3.63) is 135 Å². The van der Waals surface area contributed by atoms with Crippen molar-refractivity contribution < 1.29 is 9.47 Å². The minimum atomic E-state index is 0.691. The number of nitrogens with zero attached hydrogens (tertiary/aromatic N) is 6. The van der Waals surface area contributed by atoms with Gasteiger partial charge >= 0.3 is 0 Å². The third-order valence-electron chi connectivity index (χ3n) is 7.70. The monoisotopic (exact) mass is 600 g/mol. The van der Waals surface area contributed by atoms with Gasteiger partial charge in [0.1, 0.15) is 11.5 Å². The third kappa shape index (κ3) is 5.79. The summed E-state index contributed by atoms with van der Waals surface area (Å²) < 4.78 is 12.1. The zero-order chi connectivity index (χ0) is 31.3. The van der Waals surface area contributed by atoms with Crippen LogP contribution in [-0.4, -0.2) is 44.1 Å². The molecule has 6 aromatic heterocycles. The Morgan fingerprint density at radius 1 is 0.348 bits per heavy atom. The molecular formula is C38H28N6O2. The molecule has 0 N–H and O–H groups in total. The first-order valence-corrected chi connectivity index (χ1v) is 14.6. The van der Waals surface area contributed by atoms with Crippen LogP contribution >= 0.6 is 0 Å². The second kappa shape index (κ2) is 12.8. The van der Waals surface area contributed by atoms with Gasteiger partial charge in [-0.25, -0.2) is 9.97 Å². The minimum absolute atomic E-state index is 0.691. The first-order valence-electron chi connectivity index (χ1n) is 14.6. The number of methoxy groups -OCH3 is 2. The number of ether oxygens (including phenoxy) is 2. The second-order valence-electron chi connectivity index (χ2n) is 10.4. The Hall–Kier alpha value is -6.28. The maximum Gasteiger partial charge on any atom is 0.127 e. The molecule has 0 amide bonds. The van der Waals surface area contributed by atoms with Crippen molar-refractivity contribution in [3.63, 3.8) is 0 Å². The van der Waals surface area contributed by atoms with Gasteiger partial charge in [0.2, 0.25) is 0 Å². The van der Waals surface area contributed by atoms with Crippen LogP contribution in [-0.2, 0) is 0 Å². The third-order valence-corrected chi connectivity index (χ3v) is 7.70. The number of hydrogen-bond acceptors (Lipinski definition) is 8. The van der Waals surface area contributed by atoms with Crippen LogP contribution in [0, 0.1) is 0 Å². The van der Waals surface area contributed by atoms with Crippen molar-refractivity contribution >= 4 is 0 Å². The summed E-state index contributed by atoms with van der Waals surface area (Å²) in [4.78, 5) is 26.7. The molecule has 46 heavy (non-hydrogen) atoms. The van der Waals surface area contributed by atoms with Crippen LogP contribution < -0.4 is 9.47 Å². The van der Waals surface area contributed by atoms with Gasteiger partial charge in [0, 0.05) is 83.0 Å². The molecule has 0 aliphatic carbocycles. The highest BCUT2D eigenvalue weighted by Gasteiger charge is 2.19. The van der Waals surface area contributed by atoms with E-state index >= 15 is 0 Å². The predicted octanol–water partition coefficient (Wildman–Crippen LogP) is 8.08. The van der Waals surface area contributed by atoms with E-state index < -0.39 is 0 Å². The Balaban J connectivity index is 1.42. The molecular weight excluding hydrogens is 572 g/mol. The molecule has 0 bridgehead atoms. The molecule has 0 aliphatic heterocycles. The summed E-state index contributed by atoms with van der Waals surface area (Å²) in [5, 5.41) is 0. The molecule has 0 unspecified atom stereocenters. The molecule has 0 fully saturated rings.